The van der Waals surface area contributed by atoms with Crippen molar-refractivity contribution in [2.75, 3.05) is 43.9 Å². The van der Waals surface area contributed by atoms with Crippen LogP contribution in [0.25, 0.3) is 11.3 Å². The summed E-state index contributed by atoms with van der Waals surface area (Å²) in [5, 5.41) is -0.0831. The fourth-order valence-electron chi connectivity index (χ4n) is 2.64. The summed E-state index contributed by atoms with van der Waals surface area (Å²) in [5.41, 5.74) is 1.54. The monoisotopic (exact) mass is 346 g/mol. The van der Waals surface area contributed by atoms with Gasteiger partial charge in [0.1, 0.15) is 5.82 Å². The van der Waals surface area contributed by atoms with Crippen molar-refractivity contribution in [3.8, 4) is 11.3 Å². The van der Waals surface area contributed by atoms with E-state index >= 15 is 0 Å². The van der Waals surface area contributed by atoms with Crippen molar-refractivity contribution in [1.29, 1.82) is 0 Å². The highest BCUT2D eigenvalue weighted by Crippen LogP contribution is 2.24. The third-order valence-corrected chi connectivity index (χ3v) is 5.75. The molecule has 0 N–H and O–H groups in total. The summed E-state index contributed by atoms with van der Waals surface area (Å²) in [7, 11) is -1.38. The number of hydrogen-bond acceptors (Lipinski definition) is 6. The van der Waals surface area contributed by atoms with Gasteiger partial charge in [-0.05, 0) is 7.05 Å². The zero-order valence-electron chi connectivity index (χ0n) is 14.0. The maximum atomic E-state index is 12.3. The van der Waals surface area contributed by atoms with Gasteiger partial charge >= 0.3 is 0 Å². The Labute approximate surface area is 143 Å². The molecule has 1 aliphatic rings. The maximum Gasteiger partial charge on any atom is 0.249 e. The second kappa shape index (κ2) is 6.86. The summed E-state index contributed by atoms with van der Waals surface area (Å²) >= 11 is 0. The summed E-state index contributed by atoms with van der Waals surface area (Å²) in [6.07, 6.45) is 0. The highest BCUT2D eigenvalue weighted by atomic mass is 32.2. The fourth-order valence-corrected chi connectivity index (χ4v) is 3.36. The van der Waals surface area contributed by atoms with Crippen LogP contribution >= 0.6 is 0 Å². The molecule has 1 saturated heterocycles. The van der Waals surface area contributed by atoms with E-state index in [2.05, 4.69) is 26.8 Å². The highest BCUT2D eigenvalue weighted by molar-refractivity contribution is 7.91. The van der Waals surface area contributed by atoms with Crippen LogP contribution in [0.4, 0.5) is 5.82 Å². The molecule has 0 saturated carbocycles. The number of sulfone groups is 1. The van der Waals surface area contributed by atoms with Gasteiger partial charge in [0.05, 0.1) is 11.4 Å². The maximum absolute atomic E-state index is 12.3. The molecular weight excluding hydrogens is 324 g/mol. The second-order valence-corrected chi connectivity index (χ2v) is 8.13. The van der Waals surface area contributed by atoms with E-state index in [1.165, 1.54) is 0 Å². The molecule has 7 heteroatoms. The van der Waals surface area contributed by atoms with Gasteiger partial charge in [-0.1, -0.05) is 37.3 Å². The average molecular weight is 346 g/mol. The Morgan fingerprint density at radius 2 is 1.71 bits per heavy atom. The van der Waals surface area contributed by atoms with Crippen LogP contribution < -0.4 is 4.90 Å². The van der Waals surface area contributed by atoms with Crippen LogP contribution in [0.5, 0.6) is 0 Å². The molecule has 24 heavy (non-hydrogen) atoms. The van der Waals surface area contributed by atoms with Crippen LogP contribution in [0, 0.1) is 0 Å². The van der Waals surface area contributed by atoms with Gasteiger partial charge in [0.15, 0.2) is 0 Å². The first kappa shape index (κ1) is 16.9. The average Bonchev–Trinajstić information content (AvgIpc) is 2.62. The second-order valence-electron chi connectivity index (χ2n) is 5.95. The van der Waals surface area contributed by atoms with Crippen molar-refractivity contribution in [3.63, 3.8) is 0 Å². The van der Waals surface area contributed by atoms with E-state index in [9.17, 15) is 8.42 Å². The van der Waals surface area contributed by atoms with E-state index < -0.39 is 9.84 Å². The number of nitrogens with zero attached hydrogens (tertiary/aromatic N) is 4. The van der Waals surface area contributed by atoms with Crippen molar-refractivity contribution in [3.05, 3.63) is 36.4 Å². The summed E-state index contributed by atoms with van der Waals surface area (Å²) in [6.45, 7) is 5.13. The van der Waals surface area contributed by atoms with Crippen molar-refractivity contribution in [2.45, 2.75) is 12.1 Å². The summed E-state index contributed by atoms with van der Waals surface area (Å²) in [6, 6.07) is 11.5. The Morgan fingerprint density at radius 1 is 1.04 bits per heavy atom. The van der Waals surface area contributed by atoms with Crippen molar-refractivity contribution in [1.82, 2.24) is 14.9 Å². The van der Waals surface area contributed by atoms with Gasteiger partial charge in [0.25, 0.3) is 0 Å². The van der Waals surface area contributed by atoms with Crippen molar-refractivity contribution >= 4 is 15.7 Å². The van der Waals surface area contributed by atoms with Gasteiger partial charge in [-0.3, -0.25) is 0 Å². The van der Waals surface area contributed by atoms with E-state index in [0.717, 1.165) is 31.7 Å². The molecule has 1 fully saturated rings. The number of anilines is 1. The van der Waals surface area contributed by atoms with E-state index in [1.54, 1.807) is 6.92 Å². The molecule has 128 valence electrons. The lowest BCUT2D eigenvalue weighted by molar-refractivity contribution is 0.312. The third-order valence-electron chi connectivity index (χ3n) is 4.25. The van der Waals surface area contributed by atoms with E-state index in [1.807, 2.05) is 36.4 Å². The number of benzene rings is 1. The van der Waals surface area contributed by atoms with Crippen LogP contribution in [-0.2, 0) is 9.84 Å². The highest BCUT2D eigenvalue weighted by Gasteiger charge is 2.22. The SMILES string of the molecule is CCS(=O)(=O)c1nc(-c2ccccc2)cc(N2CCN(C)CC2)n1. The van der Waals surface area contributed by atoms with Gasteiger partial charge in [-0.15, -0.1) is 0 Å². The fraction of sp³-hybridized carbons (Fsp3) is 0.412. The quantitative estimate of drug-likeness (QED) is 0.785. The van der Waals surface area contributed by atoms with Crippen LogP contribution in [0.1, 0.15) is 6.92 Å². The Kier molecular flexibility index (Phi) is 4.82. The normalized spacial score (nSPS) is 16.3. The van der Waals surface area contributed by atoms with E-state index in [0.29, 0.717) is 11.5 Å². The van der Waals surface area contributed by atoms with Crippen LogP contribution in [-0.4, -0.2) is 62.3 Å². The third kappa shape index (κ3) is 3.57. The molecule has 0 spiro atoms. The lowest BCUT2D eigenvalue weighted by Crippen LogP contribution is -2.45. The standard InChI is InChI=1S/C17H22N4O2S/c1-3-24(22,23)17-18-15(14-7-5-4-6-8-14)13-16(19-17)21-11-9-20(2)10-12-21/h4-8,13H,3,9-12H2,1-2H3. The number of rotatable bonds is 4. The van der Waals surface area contributed by atoms with Crippen molar-refractivity contribution < 1.29 is 8.42 Å². The molecule has 1 aromatic heterocycles. The lowest BCUT2D eigenvalue weighted by Gasteiger charge is -2.33. The van der Waals surface area contributed by atoms with Crippen LogP contribution in [0.2, 0.25) is 0 Å². The van der Waals surface area contributed by atoms with E-state index in [-0.39, 0.29) is 10.9 Å². The summed E-state index contributed by atoms with van der Waals surface area (Å²) < 4.78 is 24.6. The topological polar surface area (TPSA) is 66.4 Å². The van der Waals surface area contributed by atoms with Crippen molar-refractivity contribution in [2.24, 2.45) is 0 Å². The molecule has 2 aromatic rings. The Morgan fingerprint density at radius 3 is 2.33 bits per heavy atom. The molecule has 1 aromatic carbocycles. The summed E-state index contributed by atoms with van der Waals surface area (Å²) in [5.74, 6) is 0.678. The number of aromatic nitrogens is 2. The lowest BCUT2D eigenvalue weighted by atomic mass is 10.1. The molecule has 1 aliphatic heterocycles. The van der Waals surface area contributed by atoms with Crippen LogP contribution in [0.3, 0.4) is 0 Å². The Bertz CT molecular complexity index is 801. The Hall–Kier alpha value is -1.99. The van der Waals surface area contributed by atoms with Gasteiger partial charge in [0.2, 0.25) is 15.0 Å². The molecule has 6 nitrogen and oxygen atoms in total. The van der Waals surface area contributed by atoms with Gasteiger partial charge in [-0.2, -0.15) is 0 Å². The zero-order valence-corrected chi connectivity index (χ0v) is 14.8. The number of piperazine rings is 1. The predicted octanol–water partition coefficient (Wildman–Crippen LogP) is 1.69. The molecule has 3 rings (SSSR count). The largest absolute Gasteiger partial charge is 0.354 e. The molecule has 0 amide bonds. The smallest absolute Gasteiger partial charge is 0.249 e. The summed E-state index contributed by atoms with van der Waals surface area (Å²) in [4.78, 5) is 13.1. The molecule has 0 aliphatic carbocycles. The zero-order chi connectivity index (χ0) is 17.2. The minimum absolute atomic E-state index is 0.00653. The molecule has 0 radical (unpaired) electrons. The Balaban J connectivity index is 2.07. The molecule has 0 unspecified atom stereocenters. The molecule has 0 atom stereocenters. The first-order chi connectivity index (χ1) is 11.5. The van der Waals surface area contributed by atoms with Gasteiger partial charge in [0, 0.05) is 37.8 Å². The van der Waals surface area contributed by atoms with Gasteiger partial charge < -0.3 is 9.80 Å². The first-order valence-electron chi connectivity index (χ1n) is 8.10. The van der Waals surface area contributed by atoms with Crippen LogP contribution in [0.15, 0.2) is 41.6 Å². The first-order valence-corrected chi connectivity index (χ1v) is 9.75. The predicted molar refractivity (Wildman–Crippen MR) is 94.9 cm³/mol. The molecule has 2 heterocycles. The number of likely N-dealkylation sites (N-methyl/N-ethyl adjacent to an activating group) is 1. The minimum atomic E-state index is -3.46. The number of hydrogen-bond donors (Lipinski definition) is 0. The molecular formula is C17H22N4O2S. The van der Waals surface area contributed by atoms with Gasteiger partial charge in [-0.25, -0.2) is 18.4 Å². The minimum Gasteiger partial charge on any atom is -0.354 e. The molecule has 0 bridgehead atoms. The van der Waals surface area contributed by atoms with E-state index in [4.69, 9.17) is 0 Å².